The fraction of sp³-hybridized carbons (Fsp3) is 0.786. The Bertz CT molecular complexity index is 3120. The van der Waals surface area contributed by atoms with E-state index in [0.717, 1.165) is 51.4 Å². The monoisotopic (exact) mass is 1590 g/mol. The second-order valence-electron chi connectivity index (χ2n) is 38.5. The highest BCUT2D eigenvalue weighted by Gasteiger charge is 2.37. The zero-order valence-corrected chi connectivity index (χ0v) is 78.2. The average Bonchev–Trinajstić information content (AvgIpc) is 1.49. The van der Waals surface area contributed by atoms with Crippen LogP contribution >= 0.6 is 0 Å². The second kappa shape index (κ2) is 58.2. The Labute approximate surface area is 714 Å². The van der Waals surface area contributed by atoms with Gasteiger partial charge in [-0.1, -0.05) is 466 Å². The van der Waals surface area contributed by atoms with E-state index in [9.17, 15) is 0 Å². The number of rotatable bonds is 80. The van der Waals surface area contributed by atoms with Gasteiger partial charge in [0, 0.05) is 87.6 Å². The number of hydrogen-bond donors (Lipinski definition) is 0. The first-order valence-corrected chi connectivity index (χ1v) is 53.1. The Morgan fingerprint density at radius 1 is 0.103 bits per heavy atom. The minimum absolute atomic E-state index is 1.05. The van der Waals surface area contributed by atoms with Crippen molar-refractivity contribution in [2.24, 2.45) is 0 Å². The molecule has 0 aliphatic heterocycles. The van der Waals surface area contributed by atoms with E-state index in [1.807, 2.05) is 0 Å². The first-order chi connectivity index (χ1) is 57.5. The fourth-order valence-corrected chi connectivity index (χ4v) is 21.4. The van der Waals surface area contributed by atoms with Crippen LogP contribution in [0.3, 0.4) is 0 Å². The SMILES string of the molecule is CCCCCCCCCCCc1c(CCCCCCCCCCC)c2oc3c(CCCCCCCCCCC)c(CCCCCCCCCCC)c4oc5c(CCCCCCCCCCC)c(CCCCCCCCCCC)c6oc7c(CCCCCCCCCCC)c(CCCCCCCCCCC)c8oc1c1c8c7c6c5c4c3c21. The van der Waals surface area contributed by atoms with Crippen LogP contribution in [0.2, 0.25) is 0 Å². The molecule has 0 amide bonds. The molecule has 9 aromatic rings. The summed E-state index contributed by atoms with van der Waals surface area (Å²) in [4.78, 5) is 0. The summed E-state index contributed by atoms with van der Waals surface area (Å²) >= 11 is 0. The number of unbranched alkanes of at least 4 members (excludes halogenated alkanes) is 64. The van der Waals surface area contributed by atoms with Crippen LogP contribution in [-0.2, 0) is 51.4 Å². The van der Waals surface area contributed by atoms with Gasteiger partial charge in [-0.3, -0.25) is 0 Å². The van der Waals surface area contributed by atoms with Crippen molar-refractivity contribution in [3.8, 4) is 0 Å². The summed E-state index contributed by atoms with van der Waals surface area (Å²) in [5.74, 6) is 0. The highest BCUT2D eigenvalue weighted by Crippen LogP contribution is 2.58. The predicted molar refractivity (Wildman–Crippen MR) is 517 cm³/mol. The molecule has 0 aliphatic carbocycles. The summed E-state index contributed by atoms with van der Waals surface area (Å²) in [6.07, 6.45) is 105. The summed E-state index contributed by atoms with van der Waals surface area (Å²) in [5.41, 5.74) is 21.8. The zero-order chi connectivity index (χ0) is 81.3. The summed E-state index contributed by atoms with van der Waals surface area (Å²) in [5, 5.41) is 11.1. The lowest BCUT2D eigenvalue weighted by Crippen LogP contribution is -2.00. The lowest BCUT2D eigenvalue weighted by molar-refractivity contribution is 0.555. The van der Waals surface area contributed by atoms with Crippen LogP contribution in [0.15, 0.2) is 17.7 Å². The van der Waals surface area contributed by atoms with E-state index < -0.39 is 0 Å². The molecule has 0 spiro atoms. The third kappa shape index (κ3) is 29.1. The molecule has 0 radical (unpaired) electrons. The lowest BCUT2D eigenvalue weighted by Gasteiger charge is -2.15. The van der Waals surface area contributed by atoms with Crippen LogP contribution in [0, 0.1) is 0 Å². The van der Waals surface area contributed by atoms with Gasteiger partial charge in [0.05, 0.1) is 0 Å². The summed E-state index contributed by atoms with van der Waals surface area (Å²) in [7, 11) is 0. The minimum Gasteiger partial charge on any atom is -0.455 e. The lowest BCUT2D eigenvalue weighted by atomic mass is 9.84. The highest BCUT2D eigenvalue weighted by molar-refractivity contribution is 6.45. The average molecular weight is 1590 g/mol. The topological polar surface area (TPSA) is 52.6 Å². The van der Waals surface area contributed by atoms with Crippen molar-refractivity contribution < 1.29 is 17.7 Å². The second-order valence-corrected chi connectivity index (χ2v) is 38.5. The van der Waals surface area contributed by atoms with Crippen LogP contribution in [0.4, 0.5) is 0 Å². The maximum atomic E-state index is 8.45. The Morgan fingerprint density at radius 3 is 0.267 bits per heavy atom. The van der Waals surface area contributed by atoms with Gasteiger partial charge in [-0.05, 0) is 103 Å². The summed E-state index contributed by atoms with van der Waals surface area (Å²) in [6.45, 7) is 18.9. The fourth-order valence-electron chi connectivity index (χ4n) is 21.4. The van der Waals surface area contributed by atoms with Crippen molar-refractivity contribution in [2.45, 2.75) is 569 Å². The molecule has 656 valence electrons. The third-order valence-corrected chi connectivity index (χ3v) is 28.5. The molecule has 0 aliphatic rings. The van der Waals surface area contributed by atoms with E-state index in [4.69, 9.17) is 17.7 Å². The molecule has 9 rings (SSSR count). The van der Waals surface area contributed by atoms with Crippen LogP contribution in [0.1, 0.15) is 562 Å². The van der Waals surface area contributed by atoms with E-state index in [-0.39, 0.29) is 0 Å². The van der Waals surface area contributed by atoms with Gasteiger partial charge >= 0.3 is 0 Å². The Hall–Kier alpha value is -3.92. The minimum atomic E-state index is 1.05. The first kappa shape index (κ1) is 95.9. The quantitative estimate of drug-likeness (QED) is 0.0357. The van der Waals surface area contributed by atoms with Crippen molar-refractivity contribution in [1.29, 1.82) is 0 Å². The van der Waals surface area contributed by atoms with Gasteiger partial charge in [-0.2, -0.15) is 0 Å². The smallest absolute Gasteiger partial charge is 0.139 e. The zero-order valence-electron chi connectivity index (χ0n) is 78.2. The van der Waals surface area contributed by atoms with Crippen molar-refractivity contribution in [1.82, 2.24) is 0 Å². The number of hydrogen-bond acceptors (Lipinski definition) is 4. The molecule has 4 aromatic heterocycles. The van der Waals surface area contributed by atoms with Crippen LogP contribution in [0.5, 0.6) is 0 Å². The molecule has 116 heavy (non-hydrogen) atoms. The Kier molecular flexibility index (Phi) is 48.1. The highest BCUT2D eigenvalue weighted by atomic mass is 16.4. The summed E-state index contributed by atoms with van der Waals surface area (Å²) < 4.78 is 33.8. The molecule has 0 saturated heterocycles. The van der Waals surface area contributed by atoms with Crippen molar-refractivity contribution >= 4 is 87.8 Å². The van der Waals surface area contributed by atoms with Gasteiger partial charge in [-0.25, -0.2) is 0 Å². The molecule has 0 fully saturated rings. The predicted octanol–water partition coefficient (Wildman–Crippen LogP) is 40.2. The van der Waals surface area contributed by atoms with E-state index in [1.165, 1.54) is 595 Å². The number of furan rings is 4. The van der Waals surface area contributed by atoms with Crippen molar-refractivity contribution in [2.75, 3.05) is 0 Å². The molecular formula is C112H184O4. The van der Waals surface area contributed by atoms with E-state index >= 15 is 0 Å². The van der Waals surface area contributed by atoms with Crippen LogP contribution < -0.4 is 0 Å². The van der Waals surface area contributed by atoms with Gasteiger partial charge in [0.2, 0.25) is 0 Å². The van der Waals surface area contributed by atoms with Gasteiger partial charge in [0.15, 0.2) is 0 Å². The largest absolute Gasteiger partial charge is 0.455 e. The maximum absolute atomic E-state index is 8.45. The molecule has 0 unspecified atom stereocenters. The van der Waals surface area contributed by atoms with Crippen molar-refractivity contribution in [3.63, 3.8) is 0 Å². The maximum Gasteiger partial charge on any atom is 0.139 e. The van der Waals surface area contributed by atoms with Gasteiger partial charge in [-0.15, -0.1) is 0 Å². The summed E-state index contributed by atoms with van der Waals surface area (Å²) in [6, 6.07) is 0. The van der Waals surface area contributed by atoms with Crippen LogP contribution in [-0.4, -0.2) is 0 Å². The molecule has 0 atom stereocenters. The third-order valence-electron chi connectivity index (χ3n) is 28.5. The first-order valence-electron chi connectivity index (χ1n) is 53.1. The van der Waals surface area contributed by atoms with Crippen LogP contribution in [0.25, 0.3) is 87.8 Å². The number of benzene rings is 4. The molecular weight excluding hydrogens is 1410 g/mol. The van der Waals surface area contributed by atoms with Gasteiger partial charge < -0.3 is 17.7 Å². The Balaban J connectivity index is 1.34. The van der Waals surface area contributed by atoms with Crippen molar-refractivity contribution in [3.05, 3.63) is 44.5 Å². The van der Waals surface area contributed by atoms with E-state index in [0.29, 0.717) is 0 Å². The number of aryl methyl sites for hydroxylation is 8. The molecule has 4 nitrogen and oxygen atoms in total. The standard InChI is InChI=1S/C112H184O4/c1-9-17-25-33-41-49-57-65-73-81-89-90(82-74-66-58-50-42-34-26-18-10-2)106-98-97-99-101-103-104-102-100(98)108(114-106)93(85-77-69-61-53-45-37-29-21-13-5)94(86-78-70-62-54-46-38-30-22-14-6)110(102)116-112(104)96(88-80-72-64-56-48-40-32-24-16-8)95(87-79-71-63-55-47-39-31-23-15-7)111(103)115-109(101)92(84-76-68-60-52-44-36-28-20-12-4)91(107(99)113-105(89)97)83-75-67-59-51-43-35-27-19-11-3/h9-88H2,1-8H3. The molecule has 4 heterocycles. The Morgan fingerprint density at radius 2 is 0.181 bits per heavy atom. The van der Waals surface area contributed by atoms with Gasteiger partial charge in [0.1, 0.15) is 44.7 Å². The normalized spacial score (nSPS) is 12.5. The molecule has 0 saturated carbocycles. The molecule has 5 aromatic carbocycles. The van der Waals surface area contributed by atoms with E-state index in [1.54, 1.807) is 0 Å². The van der Waals surface area contributed by atoms with E-state index in [2.05, 4.69) is 55.4 Å². The molecule has 4 heteroatoms. The van der Waals surface area contributed by atoms with Gasteiger partial charge in [0.25, 0.3) is 0 Å². The molecule has 0 bridgehead atoms. The molecule has 0 N–H and O–H groups in total.